The van der Waals surface area contributed by atoms with Gasteiger partial charge >= 0.3 is 0 Å². The van der Waals surface area contributed by atoms with Crippen LogP contribution in [0.2, 0.25) is 5.02 Å². The monoisotopic (exact) mass is 260 g/mol. The quantitative estimate of drug-likeness (QED) is 0.476. The van der Waals surface area contributed by atoms with Crippen molar-refractivity contribution in [1.29, 1.82) is 0 Å². The van der Waals surface area contributed by atoms with Crippen LogP contribution in [0.1, 0.15) is 5.56 Å². The van der Waals surface area contributed by atoms with Crippen LogP contribution in [-0.4, -0.2) is 11.1 Å². The Balaban J connectivity index is 2.13. The maximum atomic E-state index is 10.5. The van der Waals surface area contributed by atoms with E-state index in [4.69, 9.17) is 11.6 Å². The second-order valence-corrected chi connectivity index (χ2v) is 4.02. The lowest BCUT2D eigenvalue weighted by molar-refractivity contribution is -0.384. The van der Waals surface area contributed by atoms with Crippen LogP contribution in [0.3, 0.4) is 0 Å². The number of benzene rings is 2. The van der Waals surface area contributed by atoms with Gasteiger partial charge in [-0.2, -0.15) is 0 Å². The fourth-order valence-electron chi connectivity index (χ4n) is 1.36. The number of nitrogens with zero attached hydrogens (tertiary/aromatic N) is 2. The summed E-state index contributed by atoms with van der Waals surface area (Å²) >= 11 is 5.77. The summed E-state index contributed by atoms with van der Waals surface area (Å²) in [6, 6.07) is 13.3. The van der Waals surface area contributed by atoms with E-state index in [1.807, 2.05) is 12.1 Å². The Morgan fingerprint density at radius 2 is 1.67 bits per heavy atom. The van der Waals surface area contributed by atoms with Crippen LogP contribution in [0.5, 0.6) is 0 Å². The van der Waals surface area contributed by atoms with Crippen molar-refractivity contribution in [1.82, 2.24) is 0 Å². The molecule has 5 heteroatoms. The van der Waals surface area contributed by atoms with E-state index in [1.165, 1.54) is 12.1 Å². The summed E-state index contributed by atoms with van der Waals surface area (Å²) in [5, 5.41) is 11.1. The van der Waals surface area contributed by atoms with E-state index in [0.717, 1.165) is 5.56 Å². The molecule has 0 saturated carbocycles. The zero-order valence-electron chi connectivity index (χ0n) is 9.29. The third-order valence-corrected chi connectivity index (χ3v) is 2.55. The van der Waals surface area contributed by atoms with Gasteiger partial charge in [0.1, 0.15) is 0 Å². The normalized spacial score (nSPS) is 10.7. The van der Waals surface area contributed by atoms with Crippen LogP contribution in [0, 0.1) is 10.1 Å². The van der Waals surface area contributed by atoms with Gasteiger partial charge in [0.25, 0.3) is 5.69 Å². The third kappa shape index (κ3) is 3.15. The van der Waals surface area contributed by atoms with Crippen LogP contribution in [-0.2, 0) is 0 Å². The van der Waals surface area contributed by atoms with E-state index in [-0.39, 0.29) is 5.69 Å². The van der Waals surface area contributed by atoms with E-state index >= 15 is 0 Å². The number of non-ortho nitro benzene ring substituents is 1. The number of nitro benzene ring substituents is 1. The third-order valence-electron chi connectivity index (χ3n) is 2.29. The fourth-order valence-corrected chi connectivity index (χ4v) is 1.48. The molecule has 0 aromatic heterocycles. The SMILES string of the molecule is O=[N+]([O-])c1ccc(N=Cc2ccc(Cl)cc2)cc1. The number of hydrogen-bond donors (Lipinski definition) is 0. The second kappa shape index (κ2) is 5.42. The van der Waals surface area contributed by atoms with E-state index in [9.17, 15) is 10.1 Å². The van der Waals surface area contributed by atoms with Crippen LogP contribution in [0.25, 0.3) is 0 Å². The van der Waals surface area contributed by atoms with Crippen molar-refractivity contribution in [3.8, 4) is 0 Å². The fraction of sp³-hybridized carbons (Fsp3) is 0. The highest BCUT2D eigenvalue weighted by atomic mass is 35.5. The molecule has 0 radical (unpaired) electrons. The highest BCUT2D eigenvalue weighted by Crippen LogP contribution is 2.18. The molecule has 4 nitrogen and oxygen atoms in total. The van der Waals surface area contributed by atoms with Crippen LogP contribution < -0.4 is 0 Å². The van der Waals surface area contributed by atoms with E-state index in [1.54, 1.807) is 30.5 Å². The second-order valence-electron chi connectivity index (χ2n) is 3.58. The molecule has 0 aliphatic heterocycles. The number of hydrogen-bond acceptors (Lipinski definition) is 3. The summed E-state index contributed by atoms with van der Waals surface area (Å²) in [4.78, 5) is 14.3. The maximum Gasteiger partial charge on any atom is 0.269 e. The van der Waals surface area contributed by atoms with E-state index < -0.39 is 4.92 Å². The Labute approximate surface area is 109 Å². The standard InChI is InChI=1S/C13H9ClN2O2/c14-11-3-1-10(2-4-11)9-15-12-5-7-13(8-6-12)16(17)18/h1-9H. The molecule has 0 heterocycles. The zero-order valence-corrected chi connectivity index (χ0v) is 10.0. The average Bonchev–Trinajstić information content (AvgIpc) is 2.38. The van der Waals surface area contributed by atoms with E-state index in [2.05, 4.69) is 4.99 Å². The Hall–Kier alpha value is -2.20. The lowest BCUT2D eigenvalue weighted by Gasteiger charge is -1.95. The zero-order chi connectivity index (χ0) is 13.0. The van der Waals surface area contributed by atoms with Gasteiger partial charge in [0, 0.05) is 23.4 Å². The van der Waals surface area contributed by atoms with Crippen molar-refractivity contribution < 1.29 is 4.92 Å². The Bertz CT molecular complexity index is 577. The van der Waals surface area contributed by atoms with E-state index in [0.29, 0.717) is 10.7 Å². The number of nitro groups is 1. The molecule has 0 saturated heterocycles. The van der Waals surface area contributed by atoms with Gasteiger partial charge in [0.2, 0.25) is 0 Å². The van der Waals surface area contributed by atoms with Gasteiger partial charge in [-0.1, -0.05) is 23.7 Å². The summed E-state index contributed by atoms with van der Waals surface area (Å²) in [6.45, 7) is 0. The summed E-state index contributed by atoms with van der Waals surface area (Å²) in [6.07, 6.45) is 1.68. The van der Waals surface area contributed by atoms with Gasteiger partial charge in [-0.3, -0.25) is 15.1 Å². The minimum Gasteiger partial charge on any atom is -0.258 e. The predicted octanol–water partition coefficient (Wildman–Crippen LogP) is 4.00. The van der Waals surface area contributed by atoms with Crippen molar-refractivity contribution in [3.05, 3.63) is 69.2 Å². The van der Waals surface area contributed by atoms with Gasteiger partial charge in [-0.05, 0) is 29.8 Å². The average molecular weight is 261 g/mol. The molecular formula is C13H9ClN2O2. The van der Waals surface area contributed by atoms with Crippen molar-refractivity contribution >= 4 is 29.2 Å². The smallest absolute Gasteiger partial charge is 0.258 e. The molecular weight excluding hydrogens is 252 g/mol. The first-order valence-electron chi connectivity index (χ1n) is 5.19. The first kappa shape index (κ1) is 12.3. The minimum absolute atomic E-state index is 0.0560. The number of halogens is 1. The molecule has 0 aliphatic rings. The number of aliphatic imine (C=N–C) groups is 1. The topological polar surface area (TPSA) is 55.5 Å². The summed E-state index contributed by atoms with van der Waals surface area (Å²) in [5.41, 5.74) is 1.63. The molecule has 0 amide bonds. The molecule has 0 spiro atoms. The van der Waals surface area contributed by atoms with Crippen molar-refractivity contribution in [2.45, 2.75) is 0 Å². The largest absolute Gasteiger partial charge is 0.269 e. The lowest BCUT2D eigenvalue weighted by Crippen LogP contribution is -1.85. The molecule has 0 aliphatic carbocycles. The minimum atomic E-state index is -0.438. The van der Waals surface area contributed by atoms with Crippen LogP contribution >= 0.6 is 11.6 Å². The molecule has 0 N–H and O–H groups in total. The predicted molar refractivity (Wildman–Crippen MR) is 71.8 cm³/mol. The molecule has 0 bridgehead atoms. The highest BCUT2D eigenvalue weighted by Gasteiger charge is 2.02. The molecule has 0 atom stereocenters. The van der Waals surface area contributed by atoms with Crippen LogP contribution in [0.4, 0.5) is 11.4 Å². The Morgan fingerprint density at radius 1 is 1.06 bits per heavy atom. The van der Waals surface area contributed by atoms with Gasteiger partial charge in [0.15, 0.2) is 0 Å². The van der Waals surface area contributed by atoms with Gasteiger partial charge in [-0.25, -0.2) is 0 Å². The molecule has 90 valence electrons. The Kier molecular flexibility index (Phi) is 3.69. The molecule has 0 fully saturated rings. The summed E-state index contributed by atoms with van der Waals surface area (Å²) in [7, 11) is 0. The van der Waals surface area contributed by atoms with Crippen molar-refractivity contribution in [3.63, 3.8) is 0 Å². The Morgan fingerprint density at radius 3 is 2.22 bits per heavy atom. The molecule has 18 heavy (non-hydrogen) atoms. The first-order chi connectivity index (χ1) is 8.65. The van der Waals surface area contributed by atoms with Crippen molar-refractivity contribution in [2.24, 2.45) is 4.99 Å². The molecule has 0 unspecified atom stereocenters. The lowest BCUT2D eigenvalue weighted by atomic mass is 10.2. The number of rotatable bonds is 3. The molecule has 2 rings (SSSR count). The summed E-state index contributed by atoms with van der Waals surface area (Å²) in [5.74, 6) is 0. The van der Waals surface area contributed by atoms with Gasteiger partial charge in [0.05, 0.1) is 10.6 Å². The van der Waals surface area contributed by atoms with Gasteiger partial charge in [-0.15, -0.1) is 0 Å². The molecule has 2 aromatic carbocycles. The van der Waals surface area contributed by atoms with Crippen LogP contribution in [0.15, 0.2) is 53.5 Å². The first-order valence-corrected chi connectivity index (χ1v) is 5.57. The highest BCUT2D eigenvalue weighted by molar-refractivity contribution is 6.30. The maximum absolute atomic E-state index is 10.5. The molecule has 2 aromatic rings. The van der Waals surface area contributed by atoms with Crippen molar-refractivity contribution in [2.75, 3.05) is 0 Å². The van der Waals surface area contributed by atoms with Gasteiger partial charge < -0.3 is 0 Å². The summed E-state index contributed by atoms with van der Waals surface area (Å²) < 4.78 is 0.